The molecule has 6 nitrogen and oxygen atoms in total. The van der Waals surface area contributed by atoms with Crippen molar-refractivity contribution in [2.75, 3.05) is 25.0 Å². The molecule has 0 bridgehead atoms. The van der Waals surface area contributed by atoms with Crippen molar-refractivity contribution in [3.63, 3.8) is 0 Å². The maximum atomic E-state index is 13.3. The molecule has 1 aromatic heterocycles. The van der Waals surface area contributed by atoms with Crippen LogP contribution in [-0.4, -0.2) is 46.2 Å². The molecule has 0 aliphatic carbocycles. The summed E-state index contributed by atoms with van der Waals surface area (Å²) in [5.74, 6) is -0.202. The lowest BCUT2D eigenvalue weighted by Crippen LogP contribution is -2.38. The van der Waals surface area contributed by atoms with Crippen molar-refractivity contribution < 1.29 is 14.3 Å². The number of nitrogens with zero attached hydrogens (tertiary/aromatic N) is 3. The van der Waals surface area contributed by atoms with Gasteiger partial charge in [-0.15, -0.1) is 0 Å². The van der Waals surface area contributed by atoms with E-state index in [-0.39, 0.29) is 30.9 Å². The summed E-state index contributed by atoms with van der Waals surface area (Å²) in [4.78, 5) is 14.6. The molecule has 0 saturated carbocycles. The summed E-state index contributed by atoms with van der Waals surface area (Å²) in [5, 5.41) is 21.9. The number of likely N-dealkylation sites (tertiary alicyclic amines) is 1. The van der Waals surface area contributed by atoms with Crippen molar-refractivity contribution in [2.24, 2.45) is 0 Å². The first kappa shape index (κ1) is 19.1. The van der Waals surface area contributed by atoms with Crippen LogP contribution in [0.15, 0.2) is 24.3 Å². The fourth-order valence-corrected chi connectivity index (χ4v) is 3.64. The van der Waals surface area contributed by atoms with Crippen LogP contribution < -0.4 is 5.32 Å². The summed E-state index contributed by atoms with van der Waals surface area (Å²) < 4.78 is 15.1. The Labute approximate surface area is 157 Å². The van der Waals surface area contributed by atoms with Crippen molar-refractivity contribution >= 4 is 11.7 Å². The van der Waals surface area contributed by atoms with E-state index in [0.29, 0.717) is 17.1 Å². The largest absolute Gasteiger partial charge is 0.395 e. The third-order valence-corrected chi connectivity index (χ3v) is 5.22. The predicted molar refractivity (Wildman–Crippen MR) is 100 cm³/mol. The van der Waals surface area contributed by atoms with Crippen LogP contribution in [-0.2, 0) is 4.79 Å². The molecule has 7 heteroatoms. The van der Waals surface area contributed by atoms with E-state index in [2.05, 4.69) is 11.4 Å². The topological polar surface area (TPSA) is 81.3 Å². The summed E-state index contributed by atoms with van der Waals surface area (Å²) in [6.07, 6.45) is 1.82. The number of nitrogens with one attached hydrogen (secondary N) is 1. The predicted octanol–water partition coefficient (Wildman–Crippen LogP) is 2.50. The Bertz CT molecular complexity index is 883. The monoisotopic (exact) mass is 370 g/mol. The third-order valence-electron chi connectivity index (χ3n) is 5.22. The molecule has 1 aromatic carbocycles. The molecular weight excluding hydrogens is 347 g/mol. The van der Waals surface area contributed by atoms with E-state index in [0.717, 1.165) is 30.6 Å². The van der Waals surface area contributed by atoms with Crippen LogP contribution in [0.3, 0.4) is 0 Å². The van der Waals surface area contributed by atoms with Crippen molar-refractivity contribution in [3.8, 4) is 11.8 Å². The second-order valence-electron chi connectivity index (χ2n) is 6.85. The van der Waals surface area contributed by atoms with Crippen molar-refractivity contribution in [1.29, 1.82) is 5.26 Å². The number of nitriles is 1. The van der Waals surface area contributed by atoms with E-state index in [9.17, 15) is 19.6 Å². The van der Waals surface area contributed by atoms with E-state index in [1.165, 1.54) is 12.1 Å². The number of carbonyl (C=O) groups is 1. The van der Waals surface area contributed by atoms with Crippen molar-refractivity contribution in [2.45, 2.75) is 32.7 Å². The van der Waals surface area contributed by atoms with Gasteiger partial charge in [0.2, 0.25) is 5.91 Å². The molecule has 1 fully saturated rings. The first-order valence-electron chi connectivity index (χ1n) is 8.99. The van der Waals surface area contributed by atoms with E-state index in [1.807, 2.05) is 18.7 Å². The van der Waals surface area contributed by atoms with Crippen LogP contribution in [0.4, 0.5) is 10.2 Å². The van der Waals surface area contributed by atoms with Gasteiger partial charge in [0, 0.05) is 17.4 Å². The zero-order chi connectivity index (χ0) is 19.6. The Hall–Kier alpha value is -2.69. The molecular formula is C20H23FN4O2. The maximum absolute atomic E-state index is 13.3. The average molecular weight is 370 g/mol. The SMILES string of the molecule is Cc1c(C#N)c(NC(=O)CN2CCC[C@H]2CO)n(-c2ccc(F)cc2)c1C. The second-order valence-corrected chi connectivity index (χ2v) is 6.85. The lowest BCUT2D eigenvalue weighted by atomic mass is 10.2. The second kappa shape index (κ2) is 7.91. The highest BCUT2D eigenvalue weighted by atomic mass is 19.1. The summed E-state index contributed by atoms with van der Waals surface area (Å²) in [5.41, 5.74) is 2.64. The molecule has 0 radical (unpaired) electrons. The highest BCUT2D eigenvalue weighted by Crippen LogP contribution is 2.30. The van der Waals surface area contributed by atoms with Gasteiger partial charge in [0.1, 0.15) is 17.7 Å². The highest BCUT2D eigenvalue weighted by Gasteiger charge is 2.27. The van der Waals surface area contributed by atoms with Crippen LogP contribution in [0, 0.1) is 31.0 Å². The normalized spacial score (nSPS) is 17.1. The Kier molecular flexibility index (Phi) is 5.59. The molecule has 0 unspecified atom stereocenters. The van der Waals surface area contributed by atoms with E-state index in [4.69, 9.17) is 0 Å². The number of benzene rings is 1. The fraction of sp³-hybridized carbons (Fsp3) is 0.400. The molecule has 0 spiro atoms. The number of hydrogen-bond acceptors (Lipinski definition) is 4. The van der Waals surface area contributed by atoms with Gasteiger partial charge in [-0.3, -0.25) is 14.3 Å². The molecule has 142 valence electrons. The molecule has 2 heterocycles. The van der Waals surface area contributed by atoms with Gasteiger partial charge < -0.3 is 10.4 Å². The molecule has 2 aromatic rings. The molecule has 2 N–H and O–H groups in total. The Balaban J connectivity index is 1.92. The third kappa shape index (κ3) is 3.72. The van der Waals surface area contributed by atoms with E-state index >= 15 is 0 Å². The maximum Gasteiger partial charge on any atom is 0.239 e. The van der Waals surface area contributed by atoms with Gasteiger partial charge in [-0.2, -0.15) is 5.26 Å². The van der Waals surface area contributed by atoms with Gasteiger partial charge in [0.15, 0.2) is 0 Å². The Morgan fingerprint density at radius 2 is 2.07 bits per heavy atom. The number of aromatic nitrogens is 1. The molecule has 27 heavy (non-hydrogen) atoms. The molecule has 1 amide bonds. The van der Waals surface area contributed by atoms with Crippen LogP contribution in [0.25, 0.3) is 5.69 Å². The number of rotatable bonds is 5. The molecule has 1 aliphatic rings. The first-order chi connectivity index (χ1) is 13.0. The minimum Gasteiger partial charge on any atom is -0.395 e. The minimum absolute atomic E-state index is 0.00135. The van der Waals surface area contributed by atoms with Gasteiger partial charge in [-0.1, -0.05) is 0 Å². The number of carbonyl (C=O) groups excluding carboxylic acids is 1. The zero-order valence-corrected chi connectivity index (χ0v) is 15.5. The molecule has 1 saturated heterocycles. The van der Waals surface area contributed by atoms with E-state index in [1.54, 1.807) is 16.7 Å². The lowest BCUT2D eigenvalue weighted by Gasteiger charge is -2.22. The van der Waals surface area contributed by atoms with Crippen LogP contribution in [0.5, 0.6) is 0 Å². The zero-order valence-electron chi connectivity index (χ0n) is 15.5. The summed E-state index contributed by atoms with van der Waals surface area (Å²) in [7, 11) is 0. The molecule has 3 rings (SSSR count). The number of aliphatic hydroxyl groups is 1. The van der Waals surface area contributed by atoms with Crippen molar-refractivity contribution in [3.05, 3.63) is 46.9 Å². The highest BCUT2D eigenvalue weighted by molar-refractivity contribution is 5.93. The fourth-order valence-electron chi connectivity index (χ4n) is 3.64. The standard InChI is InChI=1S/C20H23FN4O2/c1-13-14(2)25(16-7-5-15(21)6-8-16)20(18(13)10-22)23-19(27)11-24-9-3-4-17(24)12-26/h5-8,17,26H,3-4,9,11-12H2,1-2H3,(H,23,27)/t17-/m0/s1. The van der Waals surface area contributed by atoms with E-state index < -0.39 is 0 Å². The minimum atomic E-state index is -0.351. The number of halogens is 1. The van der Waals surface area contributed by atoms with Crippen LogP contribution >= 0.6 is 0 Å². The number of anilines is 1. The molecule has 1 aliphatic heterocycles. The first-order valence-corrected chi connectivity index (χ1v) is 8.99. The Morgan fingerprint density at radius 3 is 2.70 bits per heavy atom. The smallest absolute Gasteiger partial charge is 0.239 e. The summed E-state index contributed by atoms with van der Waals surface area (Å²) in [6.45, 7) is 4.63. The van der Waals surface area contributed by atoms with Gasteiger partial charge in [0.25, 0.3) is 0 Å². The molecule has 1 atom stereocenters. The Morgan fingerprint density at radius 1 is 1.37 bits per heavy atom. The van der Waals surface area contributed by atoms with Gasteiger partial charge in [0.05, 0.1) is 18.7 Å². The van der Waals surface area contributed by atoms with Crippen LogP contribution in [0.1, 0.15) is 29.7 Å². The summed E-state index contributed by atoms with van der Waals surface area (Å²) >= 11 is 0. The van der Waals surface area contributed by atoms with Gasteiger partial charge >= 0.3 is 0 Å². The number of aliphatic hydroxyl groups excluding tert-OH is 1. The average Bonchev–Trinajstić information content (AvgIpc) is 3.18. The quantitative estimate of drug-likeness (QED) is 0.847. The number of hydrogen-bond donors (Lipinski definition) is 2. The number of amides is 1. The van der Waals surface area contributed by atoms with Crippen LogP contribution in [0.2, 0.25) is 0 Å². The lowest BCUT2D eigenvalue weighted by molar-refractivity contribution is -0.117. The van der Waals surface area contributed by atoms with Gasteiger partial charge in [-0.25, -0.2) is 4.39 Å². The summed E-state index contributed by atoms with van der Waals surface area (Å²) in [6, 6.07) is 8.07. The van der Waals surface area contributed by atoms with Gasteiger partial charge in [-0.05, 0) is 63.1 Å². The van der Waals surface area contributed by atoms with Crippen molar-refractivity contribution in [1.82, 2.24) is 9.47 Å².